The third-order valence-corrected chi connectivity index (χ3v) is 7.81. The summed E-state index contributed by atoms with van der Waals surface area (Å²) in [5.41, 5.74) is 1.15. The number of halogens is 3. The van der Waals surface area contributed by atoms with Gasteiger partial charge in [-0.25, -0.2) is 23.4 Å². The maximum absolute atomic E-state index is 13.2. The lowest BCUT2D eigenvalue weighted by molar-refractivity contribution is -0.141. The van der Waals surface area contributed by atoms with Crippen LogP contribution in [0.1, 0.15) is 39.0 Å². The van der Waals surface area contributed by atoms with Gasteiger partial charge in [-0.15, -0.1) is 0 Å². The lowest BCUT2D eigenvalue weighted by Gasteiger charge is -2.19. The second-order valence-corrected chi connectivity index (χ2v) is 11.6. The normalized spacial score (nSPS) is 13.1. The number of sulfone groups is 1. The fourth-order valence-electron chi connectivity index (χ4n) is 3.96. The lowest BCUT2D eigenvalue weighted by atomic mass is 9.87. The Labute approximate surface area is 201 Å². The number of pyridine rings is 1. The van der Waals surface area contributed by atoms with Gasteiger partial charge in [-0.05, 0) is 17.0 Å². The summed E-state index contributed by atoms with van der Waals surface area (Å²) in [7, 11) is -0.560. The minimum atomic E-state index is -4.63. The Morgan fingerprint density at radius 3 is 2.11 bits per heavy atom. The van der Waals surface area contributed by atoms with Gasteiger partial charge >= 0.3 is 6.18 Å². The molecule has 3 heterocycles. The molecule has 0 unspecified atom stereocenters. The van der Waals surface area contributed by atoms with Crippen molar-refractivity contribution < 1.29 is 21.6 Å². The van der Waals surface area contributed by atoms with Crippen molar-refractivity contribution in [2.24, 2.45) is 14.1 Å². The second kappa shape index (κ2) is 8.18. The van der Waals surface area contributed by atoms with E-state index in [1.54, 1.807) is 14.1 Å². The summed E-state index contributed by atoms with van der Waals surface area (Å²) in [6, 6.07) is 8.54. The maximum atomic E-state index is 13.2. The largest absolute Gasteiger partial charge is 0.433 e. The van der Waals surface area contributed by atoms with E-state index in [4.69, 9.17) is 0 Å². The Morgan fingerprint density at radius 1 is 0.943 bits per heavy atom. The highest BCUT2D eigenvalue weighted by Gasteiger charge is 2.34. The van der Waals surface area contributed by atoms with E-state index in [9.17, 15) is 21.6 Å². The van der Waals surface area contributed by atoms with Crippen LogP contribution < -0.4 is 0 Å². The van der Waals surface area contributed by atoms with Crippen LogP contribution in [-0.4, -0.2) is 38.3 Å². The molecule has 7 nitrogen and oxygen atoms in total. The predicted octanol–water partition coefficient (Wildman–Crippen LogP) is 5.15. The third kappa shape index (κ3) is 4.33. The average Bonchev–Trinajstić information content (AvgIpc) is 3.29. The molecular formula is C24H26F3N5O2S. The van der Waals surface area contributed by atoms with Gasteiger partial charge in [0.15, 0.2) is 20.7 Å². The number of imidazole rings is 2. The molecule has 0 saturated heterocycles. The van der Waals surface area contributed by atoms with E-state index in [-0.39, 0.29) is 33.2 Å². The molecule has 0 N–H and O–H groups in total. The SMILES string of the molecule is CCS(=O)(=O)c1c(-c2nc3cc(C(F)(F)F)ncc3n2C)nc(-c2ccc(C(C)(C)C)cc2)n1C. The number of hydrogen-bond donors (Lipinski definition) is 0. The van der Waals surface area contributed by atoms with E-state index in [2.05, 4.69) is 35.7 Å². The second-order valence-electron chi connectivity index (χ2n) is 9.43. The number of fused-ring (bicyclic) bond motifs is 1. The molecule has 186 valence electrons. The highest BCUT2D eigenvalue weighted by molar-refractivity contribution is 7.91. The van der Waals surface area contributed by atoms with E-state index in [0.29, 0.717) is 16.9 Å². The van der Waals surface area contributed by atoms with Crippen LogP contribution in [0.4, 0.5) is 13.2 Å². The molecule has 0 amide bonds. The molecule has 0 aliphatic heterocycles. The molecule has 1 aromatic carbocycles. The molecule has 0 atom stereocenters. The van der Waals surface area contributed by atoms with Crippen LogP contribution in [0.3, 0.4) is 0 Å². The van der Waals surface area contributed by atoms with E-state index in [0.717, 1.165) is 17.8 Å². The fraction of sp³-hybridized carbons (Fsp3) is 0.375. The zero-order valence-corrected chi connectivity index (χ0v) is 21.1. The van der Waals surface area contributed by atoms with Crippen LogP contribution in [0.2, 0.25) is 0 Å². The lowest BCUT2D eigenvalue weighted by Crippen LogP contribution is -2.12. The smallest absolute Gasteiger partial charge is 0.324 e. The standard InChI is InChI=1S/C24H26F3N5O2S/c1-7-35(33,34)22-19(21-29-16-12-18(24(25,26)27)28-13-17(16)31(21)5)30-20(32(22)6)14-8-10-15(11-9-14)23(2,3)4/h8-13H,7H2,1-6H3. The van der Waals surface area contributed by atoms with Crippen molar-refractivity contribution in [2.45, 2.75) is 44.3 Å². The Kier molecular flexibility index (Phi) is 5.82. The van der Waals surface area contributed by atoms with Crippen LogP contribution in [-0.2, 0) is 35.5 Å². The molecule has 4 rings (SSSR count). The highest BCUT2D eigenvalue weighted by Crippen LogP contribution is 2.35. The first-order valence-electron chi connectivity index (χ1n) is 11.0. The predicted molar refractivity (Wildman–Crippen MR) is 128 cm³/mol. The van der Waals surface area contributed by atoms with Gasteiger partial charge in [0.25, 0.3) is 0 Å². The van der Waals surface area contributed by atoms with Gasteiger partial charge in [-0.2, -0.15) is 13.2 Å². The molecular weight excluding hydrogens is 479 g/mol. The van der Waals surface area contributed by atoms with Crippen molar-refractivity contribution in [1.82, 2.24) is 24.1 Å². The first-order valence-corrected chi connectivity index (χ1v) is 12.6. The number of rotatable bonds is 4. The molecule has 0 aliphatic rings. The number of hydrogen-bond acceptors (Lipinski definition) is 5. The molecule has 0 aliphatic carbocycles. The van der Waals surface area contributed by atoms with Crippen LogP contribution >= 0.6 is 0 Å². The minimum Gasteiger partial charge on any atom is -0.324 e. The number of alkyl halides is 3. The Balaban J connectivity index is 1.96. The monoisotopic (exact) mass is 505 g/mol. The molecule has 35 heavy (non-hydrogen) atoms. The summed E-state index contributed by atoms with van der Waals surface area (Å²) in [5.74, 6) is 0.376. The van der Waals surface area contributed by atoms with Crippen LogP contribution in [0, 0.1) is 0 Å². The summed E-state index contributed by atoms with van der Waals surface area (Å²) in [4.78, 5) is 12.5. The van der Waals surface area contributed by atoms with E-state index in [1.807, 2.05) is 24.3 Å². The van der Waals surface area contributed by atoms with Gasteiger partial charge < -0.3 is 9.13 Å². The van der Waals surface area contributed by atoms with Gasteiger partial charge in [0.2, 0.25) is 0 Å². The van der Waals surface area contributed by atoms with Crippen molar-refractivity contribution in [3.8, 4) is 22.9 Å². The van der Waals surface area contributed by atoms with Crippen molar-refractivity contribution in [3.05, 3.63) is 47.8 Å². The van der Waals surface area contributed by atoms with E-state index < -0.39 is 21.7 Å². The molecule has 0 spiro atoms. The molecule has 0 saturated carbocycles. The van der Waals surface area contributed by atoms with Crippen molar-refractivity contribution in [3.63, 3.8) is 0 Å². The number of aryl methyl sites for hydroxylation is 1. The summed E-state index contributed by atoms with van der Waals surface area (Å²) in [6.07, 6.45) is -3.54. The topological polar surface area (TPSA) is 82.7 Å². The minimum absolute atomic E-state index is 0.0442. The Bertz CT molecular complexity index is 1530. The van der Waals surface area contributed by atoms with Gasteiger partial charge in [0, 0.05) is 19.7 Å². The molecule has 0 bridgehead atoms. The summed E-state index contributed by atoms with van der Waals surface area (Å²) in [6.45, 7) is 7.81. The van der Waals surface area contributed by atoms with Crippen LogP contribution in [0.25, 0.3) is 33.9 Å². The van der Waals surface area contributed by atoms with E-state index in [1.165, 1.54) is 16.1 Å². The van der Waals surface area contributed by atoms with Crippen LogP contribution in [0.15, 0.2) is 41.6 Å². The fourth-order valence-corrected chi connectivity index (χ4v) is 5.16. The molecule has 4 aromatic rings. The molecule has 11 heteroatoms. The van der Waals surface area contributed by atoms with Gasteiger partial charge in [-0.3, -0.25) is 0 Å². The molecule has 0 radical (unpaired) electrons. The van der Waals surface area contributed by atoms with Gasteiger partial charge in [0.1, 0.15) is 17.2 Å². The summed E-state index contributed by atoms with van der Waals surface area (Å²) in [5, 5.41) is -0.0442. The molecule has 0 fully saturated rings. The zero-order chi connectivity index (χ0) is 25.9. The highest BCUT2D eigenvalue weighted by atomic mass is 32.2. The molecule has 3 aromatic heterocycles. The third-order valence-electron chi connectivity index (χ3n) is 6.00. The Hall–Kier alpha value is -3.21. The Morgan fingerprint density at radius 2 is 1.57 bits per heavy atom. The van der Waals surface area contributed by atoms with Crippen molar-refractivity contribution in [2.75, 3.05) is 5.75 Å². The maximum Gasteiger partial charge on any atom is 0.433 e. The van der Waals surface area contributed by atoms with Gasteiger partial charge in [-0.1, -0.05) is 52.0 Å². The number of aromatic nitrogens is 5. The zero-order valence-electron chi connectivity index (χ0n) is 20.3. The first-order chi connectivity index (χ1) is 16.1. The quantitative estimate of drug-likeness (QED) is 0.383. The van der Waals surface area contributed by atoms with Crippen LogP contribution in [0.5, 0.6) is 0 Å². The van der Waals surface area contributed by atoms with Crippen molar-refractivity contribution in [1.29, 1.82) is 0 Å². The first kappa shape index (κ1) is 24.9. The van der Waals surface area contributed by atoms with Crippen molar-refractivity contribution >= 4 is 20.9 Å². The summed E-state index contributed by atoms with van der Waals surface area (Å²) < 4.78 is 68.7. The van der Waals surface area contributed by atoms with Gasteiger partial charge in [0.05, 0.1) is 23.0 Å². The van der Waals surface area contributed by atoms with E-state index >= 15 is 0 Å². The summed E-state index contributed by atoms with van der Waals surface area (Å²) >= 11 is 0. The number of benzene rings is 1. The average molecular weight is 506 g/mol. The number of nitrogens with zero attached hydrogens (tertiary/aromatic N) is 5.